The van der Waals surface area contributed by atoms with E-state index in [0.29, 0.717) is 11.9 Å². The summed E-state index contributed by atoms with van der Waals surface area (Å²) in [7, 11) is 0. The molecule has 2 aromatic heterocycles. The molecule has 0 saturated heterocycles. The van der Waals surface area contributed by atoms with Gasteiger partial charge in [0.15, 0.2) is 11.5 Å². The van der Waals surface area contributed by atoms with E-state index in [9.17, 15) is 0 Å². The molecule has 0 amide bonds. The molecule has 1 aliphatic carbocycles. The predicted molar refractivity (Wildman–Crippen MR) is 72.0 cm³/mol. The van der Waals surface area contributed by atoms with E-state index < -0.39 is 0 Å². The summed E-state index contributed by atoms with van der Waals surface area (Å²) in [5, 5.41) is 0. The lowest BCUT2D eigenvalue weighted by Gasteiger charge is -2.38. The van der Waals surface area contributed by atoms with E-state index in [-0.39, 0.29) is 0 Å². The fraction of sp³-hybridized carbons (Fsp3) is 0.583. The summed E-state index contributed by atoms with van der Waals surface area (Å²) >= 11 is 5.82. The largest absolute Gasteiger partial charge is 0.352 e. The molecule has 5 nitrogen and oxygen atoms in total. The fourth-order valence-corrected chi connectivity index (χ4v) is 2.48. The zero-order valence-corrected chi connectivity index (χ0v) is 10.9. The van der Waals surface area contributed by atoms with Gasteiger partial charge in [0.05, 0.1) is 6.33 Å². The van der Waals surface area contributed by atoms with Gasteiger partial charge >= 0.3 is 0 Å². The number of H-pyrrole nitrogens is 1. The third kappa shape index (κ3) is 2.03. The maximum absolute atomic E-state index is 5.82. The standard InChI is InChI=1S/C12H16ClN5/c13-5-2-6-18(9-3-1-4-9)12-10-11(15-7-14-10)16-8-17-12/h7-9H,1-6H2,(H,14,15,16,17). The smallest absolute Gasteiger partial charge is 0.182 e. The molecule has 0 radical (unpaired) electrons. The van der Waals surface area contributed by atoms with Gasteiger partial charge < -0.3 is 9.88 Å². The molecule has 0 aromatic carbocycles. The minimum absolute atomic E-state index is 0.592. The molecule has 3 rings (SSSR count). The van der Waals surface area contributed by atoms with Crippen molar-refractivity contribution in [3.63, 3.8) is 0 Å². The minimum Gasteiger partial charge on any atom is -0.352 e. The zero-order chi connectivity index (χ0) is 12.4. The Hall–Kier alpha value is -1.36. The molecule has 0 unspecified atom stereocenters. The van der Waals surface area contributed by atoms with Gasteiger partial charge in [-0.25, -0.2) is 15.0 Å². The van der Waals surface area contributed by atoms with Crippen LogP contribution in [0.4, 0.5) is 5.82 Å². The quantitative estimate of drug-likeness (QED) is 0.843. The first kappa shape index (κ1) is 11.7. The number of nitrogens with one attached hydrogen (secondary N) is 1. The lowest BCUT2D eigenvalue weighted by molar-refractivity contribution is 0.384. The van der Waals surface area contributed by atoms with Gasteiger partial charge in [-0.15, -0.1) is 11.6 Å². The van der Waals surface area contributed by atoms with Gasteiger partial charge in [-0.2, -0.15) is 0 Å². The number of aromatic amines is 1. The molecule has 18 heavy (non-hydrogen) atoms. The number of rotatable bonds is 5. The first-order chi connectivity index (χ1) is 8.90. The van der Waals surface area contributed by atoms with Crippen LogP contribution in [0.25, 0.3) is 11.2 Å². The average Bonchev–Trinajstić information content (AvgIpc) is 2.80. The Morgan fingerprint density at radius 3 is 2.94 bits per heavy atom. The van der Waals surface area contributed by atoms with Crippen LogP contribution in [0.5, 0.6) is 0 Å². The molecular weight excluding hydrogens is 250 g/mol. The van der Waals surface area contributed by atoms with Crippen molar-refractivity contribution in [1.82, 2.24) is 19.9 Å². The molecule has 6 heteroatoms. The molecular formula is C12H16ClN5. The second-order valence-electron chi connectivity index (χ2n) is 4.62. The Morgan fingerprint density at radius 1 is 1.33 bits per heavy atom. The number of alkyl halides is 1. The lowest BCUT2D eigenvalue weighted by Crippen LogP contribution is -2.41. The Balaban J connectivity index is 1.94. The van der Waals surface area contributed by atoms with E-state index in [1.807, 2.05) is 0 Å². The SMILES string of the molecule is ClCCCN(c1ncnc2nc[nH]c12)C1CCC1. The van der Waals surface area contributed by atoms with Crippen molar-refractivity contribution in [2.75, 3.05) is 17.3 Å². The minimum atomic E-state index is 0.592. The summed E-state index contributed by atoms with van der Waals surface area (Å²) in [6, 6.07) is 0.592. The normalized spacial score (nSPS) is 15.8. The maximum atomic E-state index is 5.82. The van der Waals surface area contributed by atoms with Crippen LogP contribution < -0.4 is 4.90 Å². The topological polar surface area (TPSA) is 57.7 Å². The van der Waals surface area contributed by atoms with Crippen LogP contribution in [-0.2, 0) is 0 Å². The summed E-state index contributed by atoms with van der Waals surface area (Å²) in [4.78, 5) is 18.3. The van der Waals surface area contributed by atoms with E-state index in [1.165, 1.54) is 19.3 Å². The van der Waals surface area contributed by atoms with Crippen molar-refractivity contribution in [3.8, 4) is 0 Å². The van der Waals surface area contributed by atoms with Gasteiger partial charge in [0.25, 0.3) is 0 Å². The monoisotopic (exact) mass is 265 g/mol. The van der Waals surface area contributed by atoms with Crippen LogP contribution in [0.15, 0.2) is 12.7 Å². The highest BCUT2D eigenvalue weighted by molar-refractivity contribution is 6.17. The average molecular weight is 266 g/mol. The molecule has 1 N–H and O–H groups in total. The first-order valence-electron chi connectivity index (χ1n) is 6.37. The molecule has 0 bridgehead atoms. The van der Waals surface area contributed by atoms with Crippen molar-refractivity contribution in [3.05, 3.63) is 12.7 Å². The van der Waals surface area contributed by atoms with Crippen molar-refractivity contribution in [1.29, 1.82) is 0 Å². The number of aromatic nitrogens is 4. The lowest BCUT2D eigenvalue weighted by atomic mass is 9.91. The van der Waals surface area contributed by atoms with Gasteiger partial charge in [-0.3, -0.25) is 0 Å². The van der Waals surface area contributed by atoms with Crippen LogP contribution in [0.3, 0.4) is 0 Å². The Labute approximate surface area is 111 Å². The van der Waals surface area contributed by atoms with E-state index in [0.717, 1.165) is 29.9 Å². The highest BCUT2D eigenvalue weighted by Crippen LogP contribution is 2.31. The molecule has 2 aromatic rings. The number of imidazole rings is 1. The highest BCUT2D eigenvalue weighted by atomic mass is 35.5. The van der Waals surface area contributed by atoms with Crippen molar-refractivity contribution >= 4 is 28.6 Å². The van der Waals surface area contributed by atoms with E-state index in [2.05, 4.69) is 24.8 Å². The number of hydrogen-bond donors (Lipinski definition) is 1. The summed E-state index contributed by atoms with van der Waals surface area (Å²) in [6.45, 7) is 0.944. The molecule has 1 aliphatic rings. The summed E-state index contributed by atoms with van der Waals surface area (Å²) < 4.78 is 0. The Bertz CT molecular complexity index is 522. The van der Waals surface area contributed by atoms with Crippen LogP contribution in [0.2, 0.25) is 0 Å². The Morgan fingerprint density at radius 2 is 2.22 bits per heavy atom. The van der Waals surface area contributed by atoms with Crippen LogP contribution in [0.1, 0.15) is 25.7 Å². The third-order valence-corrected chi connectivity index (χ3v) is 3.79. The zero-order valence-electron chi connectivity index (χ0n) is 10.1. The van der Waals surface area contributed by atoms with E-state index >= 15 is 0 Å². The second kappa shape index (κ2) is 5.10. The second-order valence-corrected chi connectivity index (χ2v) is 5.00. The first-order valence-corrected chi connectivity index (χ1v) is 6.90. The van der Waals surface area contributed by atoms with Crippen LogP contribution >= 0.6 is 11.6 Å². The number of hydrogen-bond acceptors (Lipinski definition) is 4. The van der Waals surface area contributed by atoms with Gasteiger partial charge in [-0.05, 0) is 25.7 Å². The molecule has 1 saturated carbocycles. The molecule has 0 spiro atoms. The Kier molecular flexibility index (Phi) is 3.32. The maximum Gasteiger partial charge on any atom is 0.182 e. The predicted octanol–water partition coefficient (Wildman–Crippen LogP) is 2.34. The summed E-state index contributed by atoms with van der Waals surface area (Å²) in [5.74, 6) is 1.65. The van der Waals surface area contributed by atoms with Crippen molar-refractivity contribution in [2.45, 2.75) is 31.7 Å². The van der Waals surface area contributed by atoms with Crippen molar-refractivity contribution < 1.29 is 0 Å². The number of nitrogens with zero attached hydrogens (tertiary/aromatic N) is 4. The molecule has 96 valence electrons. The van der Waals surface area contributed by atoms with E-state index in [1.54, 1.807) is 12.7 Å². The number of anilines is 1. The van der Waals surface area contributed by atoms with Gasteiger partial charge in [0.1, 0.15) is 11.8 Å². The van der Waals surface area contributed by atoms with Gasteiger partial charge in [0, 0.05) is 18.5 Å². The number of halogens is 1. The molecule has 0 atom stereocenters. The molecule has 1 fully saturated rings. The third-order valence-electron chi connectivity index (χ3n) is 3.52. The van der Waals surface area contributed by atoms with Crippen LogP contribution in [0, 0.1) is 0 Å². The highest BCUT2D eigenvalue weighted by Gasteiger charge is 2.27. The summed E-state index contributed by atoms with van der Waals surface area (Å²) in [5.41, 5.74) is 1.66. The van der Waals surface area contributed by atoms with Gasteiger partial charge in [-0.1, -0.05) is 0 Å². The fourth-order valence-electron chi connectivity index (χ4n) is 2.36. The van der Waals surface area contributed by atoms with Gasteiger partial charge in [0.2, 0.25) is 0 Å². The molecule has 0 aliphatic heterocycles. The number of fused-ring (bicyclic) bond motifs is 1. The molecule has 2 heterocycles. The van der Waals surface area contributed by atoms with Crippen LogP contribution in [-0.4, -0.2) is 38.4 Å². The van der Waals surface area contributed by atoms with Crippen molar-refractivity contribution in [2.24, 2.45) is 0 Å². The van der Waals surface area contributed by atoms with E-state index in [4.69, 9.17) is 11.6 Å². The summed E-state index contributed by atoms with van der Waals surface area (Å²) in [6.07, 6.45) is 8.01.